The maximum Gasteiger partial charge on any atom is 0.267 e. The Bertz CT molecular complexity index is 525. The average Bonchev–Trinajstić information content (AvgIpc) is 2.91. The normalized spacial score (nSPS) is 12.1. The van der Waals surface area contributed by atoms with Gasteiger partial charge in [0.15, 0.2) is 0 Å². The smallest absolute Gasteiger partial charge is 0.267 e. The number of phenolic OH excluding ortho intramolecular Hbond substituents is 1. The maximum absolute atomic E-state index is 12.1. The van der Waals surface area contributed by atoms with Gasteiger partial charge in [-0.2, -0.15) is 0 Å². The van der Waals surface area contributed by atoms with Crippen LogP contribution in [0.2, 0.25) is 0 Å². The second kappa shape index (κ2) is 5.14. The quantitative estimate of drug-likeness (QED) is 0.920. The summed E-state index contributed by atoms with van der Waals surface area (Å²) in [4.78, 5) is 14.2. The highest BCUT2D eigenvalue weighted by Gasteiger charge is 2.20. The van der Waals surface area contributed by atoms with E-state index in [1.807, 2.05) is 6.92 Å². The molecule has 0 aliphatic carbocycles. The van der Waals surface area contributed by atoms with Gasteiger partial charge in [-0.25, -0.2) is 0 Å². The summed E-state index contributed by atoms with van der Waals surface area (Å²) in [5.74, 6) is 0.108. The lowest BCUT2D eigenvalue weighted by atomic mass is 10.1. The first kappa shape index (κ1) is 12.5. The maximum atomic E-state index is 12.1. The molecule has 1 heterocycles. The Hall–Kier alpha value is -1.95. The Kier molecular flexibility index (Phi) is 3.57. The molecule has 0 fully saturated rings. The SMILES string of the molecule is CC(c1ccc(O)cc1)N(C)C(=O)c1cnns1. The molecule has 0 radical (unpaired) electrons. The first-order chi connectivity index (χ1) is 8.59. The lowest BCUT2D eigenvalue weighted by Crippen LogP contribution is -2.29. The standard InChI is InChI=1S/C12H13N3O2S/c1-8(9-3-5-10(16)6-4-9)15(2)12(17)11-7-13-14-18-11/h3-8,16H,1-2H3. The molecule has 0 saturated carbocycles. The summed E-state index contributed by atoms with van der Waals surface area (Å²) in [7, 11) is 1.74. The number of amides is 1. The lowest BCUT2D eigenvalue weighted by molar-refractivity contribution is 0.0747. The number of rotatable bonds is 3. The van der Waals surface area contributed by atoms with Crippen LogP contribution in [0, 0.1) is 0 Å². The van der Waals surface area contributed by atoms with Crippen molar-refractivity contribution < 1.29 is 9.90 Å². The third kappa shape index (κ3) is 2.48. The van der Waals surface area contributed by atoms with Crippen LogP contribution in [0.5, 0.6) is 5.75 Å². The van der Waals surface area contributed by atoms with E-state index in [0.717, 1.165) is 17.1 Å². The van der Waals surface area contributed by atoms with Gasteiger partial charge in [-0.3, -0.25) is 4.79 Å². The first-order valence-corrected chi connectivity index (χ1v) is 6.20. The summed E-state index contributed by atoms with van der Waals surface area (Å²) in [6.45, 7) is 1.93. The number of benzene rings is 1. The fourth-order valence-corrected chi connectivity index (χ4v) is 2.09. The minimum Gasteiger partial charge on any atom is -0.508 e. The van der Waals surface area contributed by atoms with Crippen LogP contribution in [0.1, 0.15) is 28.2 Å². The molecule has 5 nitrogen and oxygen atoms in total. The second-order valence-corrected chi connectivity index (χ2v) is 4.75. The number of nitrogens with zero attached hydrogens (tertiary/aromatic N) is 3. The number of carbonyl (C=O) groups excluding carboxylic acids is 1. The van der Waals surface area contributed by atoms with Crippen LogP contribution in [0.4, 0.5) is 0 Å². The molecule has 0 aliphatic rings. The number of hydrogen-bond donors (Lipinski definition) is 1. The van der Waals surface area contributed by atoms with Crippen molar-refractivity contribution in [3.05, 3.63) is 40.9 Å². The van der Waals surface area contributed by atoms with Crippen molar-refractivity contribution in [2.75, 3.05) is 7.05 Å². The number of carbonyl (C=O) groups is 1. The summed E-state index contributed by atoms with van der Waals surface area (Å²) in [5.41, 5.74) is 0.959. The van der Waals surface area contributed by atoms with E-state index in [1.54, 1.807) is 36.2 Å². The van der Waals surface area contributed by atoms with Crippen molar-refractivity contribution in [2.24, 2.45) is 0 Å². The second-order valence-electron chi connectivity index (χ2n) is 3.97. The molecule has 2 aromatic rings. The lowest BCUT2D eigenvalue weighted by Gasteiger charge is -2.24. The zero-order valence-electron chi connectivity index (χ0n) is 10.1. The third-order valence-electron chi connectivity index (χ3n) is 2.85. The van der Waals surface area contributed by atoms with E-state index in [0.29, 0.717) is 4.88 Å². The highest BCUT2D eigenvalue weighted by Crippen LogP contribution is 2.22. The van der Waals surface area contributed by atoms with Gasteiger partial charge in [-0.05, 0) is 36.2 Å². The average molecular weight is 263 g/mol. The largest absolute Gasteiger partial charge is 0.508 e. The van der Waals surface area contributed by atoms with E-state index in [2.05, 4.69) is 9.59 Å². The van der Waals surface area contributed by atoms with Gasteiger partial charge in [0.05, 0.1) is 12.2 Å². The number of aromatic nitrogens is 2. The molecule has 1 aromatic heterocycles. The van der Waals surface area contributed by atoms with Crippen molar-refractivity contribution in [2.45, 2.75) is 13.0 Å². The van der Waals surface area contributed by atoms with Gasteiger partial charge in [0.2, 0.25) is 0 Å². The monoisotopic (exact) mass is 263 g/mol. The summed E-state index contributed by atoms with van der Waals surface area (Å²) in [6.07, 6.45) is 1.47. The minimum absolute atomic E-state index is 0.0831. The summed E-state index contributed by atoms with van der Waals surface area (Å²) in [5, 5.41) is 12.9. The topological polar surface area (TPSA) is 66.3 Å². The molecule has 94 valence electrons. The van der Waals surface area contributed by atoms with Gasteiger partial charge >= 0.3 is 0 Å². The van der Waals surface area contributed by atoms with Crippen LogP contribution >= 0.6 is 11.5 Å². The molecule has 2 rings (SSSR count). The van der Waals surface area contributed by atoms with Crippen molar-refractivity contribution in [1.82, 2.24) is 14.5 Å². The summed E-state index contributed by atoms with van der Waals surface area (Å²) in [6, 6.07) is 6.74. The van der Waals surface area contributed by atoms with Crippen LogP contribution < -0.4 is 0 Å². The third-order valence-corrected chi connectivity index (χ3v) is 3.50. The predicted molar refractivity (Wildman–Crippen MR) is 68.5 cm³/mol. The molecule has 0 bridgehead atoms. The zero-order chi connectivity index (χ0) is 13.1. The molecule has 1 N–H and O–H groups in total. The van der Waals surface area contributed by atoms with Gasteiger partial charge in [-0.15, -0.1) is 5.10 Å². The van der Waals surface area contributed by atoms with Crippen molar-refractivity contribution in [1.29, 1.82) is 0 Å². The van der Waals surface area contributed by atoms with Crippen LogP contribution in [0.3, 0.4) is 0 Å². The fourth-order valence-electron chi connectivity index (χ4n) is 1.59. The van der Waals surface area contributed by atoms with E-state index in [4.69, 9.17) is 0 Å². The Morgan fingerprint density at radius 1 is 1.39 bits per heavy atom. The first-order valence-electron chi connectivity index (χ1n) is 5.43. The predicted octanol–water partition coefficient (Wildman–Crippen LogP) is 2.08. The molecular formula is C12H13N3O2S. The Morgan fingerprint density at radius 3 is 2.61 bits per heavy atom. The Morgan fingerprint density at radius 2 is 2.06 bits per heavy atom. The van der Waals surface area contributed by atoms with Crippen LogP contribution in [0.25, 0.3) is 0 Å². The van der Waals surface area contributed by atoms with Gasteiger partial charge in [0, 0.05) is 7.05 Å². The van der Waals surface area contributed by atoms with E-state index in [9.17, 15) is 9.90 Å². The highest BCUT2D eigenvalue weighted by atomic mass is 32.1. The van der Waals surface area contributed by atoms with Crippen LogP contribution in [0.15, 0.2) is 30.5 Å². The molecule has 1 unspecified atom stereocenters. The Labute approximate surface area is 109 Å². The number of hydrogen-bond acceptors (Lipinski definition) is 5. The highest BCUT2D eigenvalue weighted by molar-refractivity contribution is 7.07. The van der Waals surface area contributed by atoms with E-state index in [1.165, 1.54) is 6.20 Å². The number of aromatic hydroxyl groups is 1. The molecule has 6 heteroatoms. The molecule has 0 saturated heterocycles. The molecule has 1 atom stereocenters. The minimum atomic E-state index is -0.106. The van der Waals surface area contributed by atoms with E-state index < -0.39 is 0 Å². The Balaban J connectivity index is 2.16. The molecular weight excluding hydrogens is 250 g/mol. The van der Waals surface area contributed by atoms with Crippen molar-refractivity contribution >= 4 is 17.4 Å². The van der Waals surface area contributed by atoms with E-state index >= 15 is 0 Å². The van der Waals surface area contributed by atoms with Gasteiger partial charge in [-0.1, -0.05) is 16.6 Å². The molecule has 18 heavy (non-hydrogen) atoms. The van der Waals surface area contributed by atoms with Gasteiger partial charge < -0.3 is 10.0 Å². The van der Waals surface area contributed by atoms with Crippen LogP contribution in [-0.2, 0) is 0 Å². The number of phenols is 1. The van der Waals surface area contributed by atoms with Gasteiger partial charge in [0.1, 0.15) is 10.6 Å². The molecule has 0 aliphatic heterocycles. The summed E-state index contributed by atoms with van der Waals surface area (Å²) < 4.78 is 3.68. The molecule has 1 amide bonds. The fraction of sp³-hybridized carbons (Fsp3) is 0.250. The van der Waals surface area contributed by atoms with Crippen LogP contribution in [-0.4, -0.2) is 32.5 Å². The summed E-state index contributed by atoms with van der Waals surface area (Å²) >= 11 is 1.08. The molecule has 1 aromatic carbocycles. The van der Waals surface area contributed by atoms with Crippen molar-refractivity contribution in [3.63, 3.8) is 0 Å². The van der Waals surface area contributed by atoms with Gasteiger partial charge in [0.25, 0.3) is 5.91 Å². The van der Waals surface area contributed by atoms with Crippen molar-refractivity contribution in [3.8, 4) is 5.75 Å². The molecule has 0 spiro atoms. The zero-order valence-corrected chi connectivity index (χ0v) is 10.9. The van der Waals surface area contributed by atoms with E-state index in [-0.39, 0.29) is 17.7 Å².